The zero-order chi connectivity index (χ0) is 16.4. The second-order valence-corrected chi connectivity index (χ2v) is 6.59. The molecule has 0 bridgehead atoms. The van der Waals surface area contributed by atoms with Crippen LogP contribution >= 0.6 is 20.2 Å². The molecule has 0 amide bonds. The van der Waals surface area contributed by atoms with Gasteiger partial charge in [-0.25, -0.2) is 4.90 Å². The average Bonchev–Trinajstić information content (AvgIpc) is 2.54. The van der Waals surface area contributed by atoms with Crippen LogP contribution in [-0.2, 0) is 25.4 Å². The molecule has 0 aliphatic carbocycles. The molecule has 0 unspecified atom stereocenters. The Morgan fingerprint density at radius 3 is 2.50 bits per heavy atom. The molecule has 1 aliphatic heterocycles. The number of rotatable bonds is 2. The Balaban J connectivity index is 0.000000745. The zero-order valence-electron chi connectivity index (χ0n) is 12.4. The van der Waals surface area contributed by atoms with E-state index in [1.807, 2.05) is 25.1 Å². The summed E-state index contributed by atoms with van der Waals surface area (Å²) in [7, 11) is 11.5. The number of aromatic nitrogens is 1. The molecule has 22 heavy (non-hydrogen) atoms. The van der Waals surface area contributed by atoms with E-state index in [2.05, 4.69) is 64.8 Å². The molecule has 0 aromatic carbocycles. The summed E-state index contributed by atoms with van der Waals surface area (Å²) in [4.78, 5) is 8.66. The predicted octanol–water partition coefficient (Wildman–Crippen LogP) is 2.17. The van der Waals surface area contributed by atoms with Gasteiger partial charge in [0.1, 0.15) is 0 Å². The number of hydrogen-bond acceptors (Lipinski definition) is 3. The Morgan fingerprint density at radius 1 is 1.32 bits per heavy atom. The maximum absolute atomic E-state index is 4.67. The van der Waals surface area contributed by atoms with Gasteiger partial charge in [-0.05, 0) is 26.1 Å². The Labute approximate surface area is 151 Å². The Hall–Kier alpha value is -0.271. The van der Waals surface area contributed by atoms with Gasteiger partial charge in [0.05, 0.1) is 5.69 Å². The first-order chi connectivity index (χ1) is 10.6. The topological polar surface area (TPSA) is 45.8 Å². The van der Waals surface area contributed by atoms with E-state index in [0.29, 0.717) is 5.11 Å². The van der Waals surface area contributed by atoms with Crippen molar-refractivity contribution >= 4 is 43.2 Å². The molecule has 0 N–H and O–H groups in total. The van der Waals surface area contributed by atoms with Crippen LogP contribution < -0.4 is 0 Å². The molecule has 9 heteroatoms. The van der Waals surface area contributed by atoms with Gasteiger partial charge in [-0.15, -0.1) is 0 Å². The van der Waals surface area contributed by atoms with E-state index in [-0.39, 0.29) is 0 Å². The van der Waals surface area contributed by atoms with Crippen molar-refractivity contribution in [3.63, 3.8) is 0 Å². The fraction of sp³-hybridized carbons (Fsp3) is 0.462. The molecule has 1 aliphatic rings. The summed E-state index contributed by atoms with van der Waals surface area (Å²) in [5.74, 6) is 0. The number of hydrogen-bond donors (Lipinski definition) is 0. The van der Waals surface area contributed by atoms with Gasteiger partial charge in [0.2, 0.25) is 0 Å². The fourth-order valence-electron chi connectivity index (χ4n) is 1.82. The van der Waals surface area contributed by atoms with Crippen LogP contribution in [0, 0.1) is 0 Å². The van der Waals surface area contributed by atoms with E-state index in [4.69, 9.17) is 0 Å². The number of thiol groups is 1. The van der Waals surface area contributed by atoms with E-state index in [1.54, 1.807) is 6.20 Å². The van der Waals surface area contributed by atoms with E-state index in [0.717, 1.165) is 50.7 Å². The Morgan fingerprint density at radius 2 is 1.95 bits per heavy atom. The van der Waals surface area contributed by atoms with E-state index in [1.165, 1.54) is 0 Å². The molecule has 2 rings (SSSR count). The van der Waals surface area contributed by atoms with Crippen molar-refractivity contribution in [3.8, 4) is 0 Å². The van der Waals surface area contributed by atoms with Crippen molar-refractivity contribution in [2.45, 2.75) is 6.92 Å². The second kappa shape index (κ2) is 11.3. The van der Waals surface area contributed by atoms with E-state index < -0.39 is 0 Å². The van der Waals surface area contributed by atoms with Gasteiger partial charge < -0.3 is 15.4 Å². The molecule has 127 valence electrons. The predicted molar refractivity (Wildman–Crippen MR) is 94.4 cm³/mol. The van der Waals surface area contributed by atoms with E-state index >= 15 is 0 Å². The molecular weight excluding hydrogens is 393 g/mol. The molecule has 1 aromatic heterocycles. The molecule has 2 heterocycles. The number of nitrogens with zero attached hydrogens (tertiary/aromatic N) is 5. The van der Waals surface area contributed by atoms with Gasteiger partial charge in [0.25, 0.3) is 0 Å². The van der Waals surface area contributed by atoms with Crippen LogP contribution in [0.15, 0.2) is 29.5 Å². The Kier molecular flexibility index (Phi) is 10.2. The summed E-state index contributed by atoms with van der Waals surface area (Å²) >= 11 is 5.18. The summed E-state index contributed by atoms with van der Waals surface area (Å²) in [6, 6.07) is 5.74. The fourth-order valence-corrected chi connectivity index (χ4v) is 2.06. The van der Waals surface area contributed by atoms with Gasteiger partial charge in [-0.2, -0.15) is 0 Å². The van der Waals surface area contributed by atoms with Crippen LogP contribution in [0.25, 0.3) is 5.43 Å². The molecule has 5 nitrogen and oxygen atoms in total. The molecule has 1 saturated heterocycles. The van der Waals surface area contributed by atoms with Gasteiger partial charge >= 0.3 is 33.3 Å². The number of halogens is 2. The van der Waals surface area contributed by atoms with Gasteiger partial charge in [0.15, 0.2) is 17.3 Å². The standard InChI is InChI=1S/C13H19N5S.2ClH.Cu/c1-11(12-5-3-4-6-14-12)15-16-13(19)18-9-7-17(2)8-10-18;;;/h3-6H,7-10H2,1-2H3,(H,14,16,19);2*1H;/q;;;+2/p-2. The van der Waals surface area contributed by atoms with Crippen molar-refractivity contribution in [1.29, 1.82) is 0 Å². The van der Waals surface area contributed by atoms with Crippen molar-refractivity contribution in [2.24, 2.45) is 5.10 Å². The van der Waals surface area contributed by atoms with Crippen LogP contribution in [0.1, 0.15) is 12.6 Å². The normalized spacial score (nSPS) is 16.8. The van der Waals surface area contributed by atoms with Crippen molar-refractivity contribution in [2.75, 3.05) is 33.2 Å². The van der Waals surface area contributed by atoms with Crippen LogP contribution in [-0.4, -0.2) is 58.8 Å². The quantitative estimate of drug-likeness (QED) is 0.187. The number of pyridine rings is 1. The summed E-state index contributed by atoms with van der Waals surface area (Å²) in [5, 5.41) is 4.87. The molecule has 0 saturated carbocycles. The summed E-state index contributed by atoms with van der Waals surface area (Å²) in [5.41, 5.74) is 5.82. The van der Waals surface area contributed by atoms with Gasteiger partial charge in [-0.1, -0.05) is 6.07 Å². The first kappa shape index (κ1) is 19.8. The maximum atomic E-state index is 4.67. The SMILES string of the molecule is CC(=N[N-]C(=[SH+])N1CCN(C)CC1)c1ccccn1.[Cl][Cu][Cl]. The monoisotopic (exact) mass is 410 g/mol. The minimum absolute atomic E-state index is 0.670. The number of piperazine rings is 1. The minimum atomic E-state index is 0.670. The van der Waals surface area contributed by atoms with Crippen molar-refractivity contribution < 1.29 is 13.1 Å². The summed E-state index contributed by atoms with van der Waals surface area (Å²) in [6.07, 6.45) is 1.75. The number of likely N-dealkylation sites (N-methyl/N-ethyl adjacent to an activating group) is 1. The molecule has 0 spiro atoms. The molecule has 0 atom stereocenters. The second-order valence-electron chi connectivity index (χ2n) is 4.63. The third-order valence-corrected chi connectivity index (χ3v) is 3.48. The van der Waals surface area contributed by atoms with Crippen LogP contribution in [0.4, 0.5) is 0 Å². The third kappa shape index (κ3) is 7.33. The third-order valence-electron chi connectivity index (χ3n) is 3.11. The van der Waals surface area contributed by atoms with E-state index in [9.17, 15) is 0 Å². The van der Waals surface area contributed by atoms with Crippen LogP contribution in [0.5, 0.6) is 0 Å². The summed E-state index contributed by atoms with van der Waals surface area (Å²) < 4.78 is 0. The summed E-state index contributed by atoms with van der Waals surface area (Å²) in [6.45, 7) is 5.84. The van der Waals surface area contributed by atoms with Crippen molar-refractivity contribution in [1.82, 2.24) is 14.8 Å². The van der Waals surface area contributed by atoms with Gasteiger partial charge in [-0.3, -0.25) is 4.98 Å². The molecular formula is C13H19Cl2CuN5S. The van der Waals surface area contributed by atoms with Gasteiger partial charge in [0, 0.05) is 38.1 Å². The van der Waals surface area contributed by atoms with Crippen molar-refractivity contribution in [3.05, 3.63) is 35.5 Å². The first-order valence-electron chi connectivity index (χ1n) is 6.55. The zero-order valence-corrected chi connectivity index (χ0v) is 15.7. The molecule has 1 fully saturated rings. The molecule has 1 aromatic rings. The first-order valence-corrected chi connectivity index (χ1v) is 9.59. The van der Waals surface area contributed by atoms with Crippen LogP contribution in [0.3, 0.4) is 0 Å². The van der Waals surface area contributed by atoms with Crippen LogP contribution in [0.2, 0.25) is 0 Å². The molecule has 0 radical (unpaired) electrons. The Bertz CT molecular complexity index is 481. The average molecular weight is 412 g/mol.